The summed E-state index contributed by atoms with van der Waals surface area (Å²) in [7, 11) is 0. The van der Waals surface area contributed by atoms with Gasteiger partial charge in [-0.15, -0.1) is 0 Å². The second-order valence-electron chi connectivity index (χ2n) is 12.3. The van der Waals surface area contributed by atoms with Crippen molar-refractivity contribution in [3.63, 3.8) is 0 Å². The molecule has 1 unspecified atom stereocenters. The molecule has 0 radical (unpaired) electrons. The summed E-state index contributed by atoms with van der Waals surface area (Å²) in [5, 5.41) is 6.19. The lowest BCUT2D eigenvalue weighted by atomic mass is 9.94. The zero-order valence-electron chi connectivity index (χ0n) is 22.9. The Balaban J connectivity index is 1.24. The number of ether oxygens (including phenoxy) is 1. The number of fused-ring (bicyclic) bond motifs is 5. The Morgan fingerprint density at radius 1 is 1.07 bits per heavy atom. The SMILES string of the molecule is Fc1c(-c2cccc3cccc(Cl)c23)ncc2c(N3C[C@H]4CC[C@@H](C3)N4)nc(OCC34CCCN3CC(F)(F)C4)nc12. The third kappa shape index (κ3) is 4.29. The van der Waals surface area contributed by atoms with Gasteiger partial charge in [-0.1, -0.05) is 41.9 Å². The van der Waals surface area contributed by atoms with Crippen molar-refractivity contribution in [2.75, 3.05) is 37.7 Å². The number of hydrogen-bond acceptors (Lipinski definition) is 7. The van der Waals surface area contributed by atoms with Crippen LogP contribution in [-0.2, 0) is 0 Å². The third-order valence-electron chi connectivity index (χ3n) is 9.49. The van der Waals surface area contributed by atoms with Gasteiger partial charge in [0.05, 0.1) is 17.5 Å². The average molecular weight is 595 g/mol. The van der Waals surface area contributed by atoms with Crippen molar-refractivity contribution in [2.45, 2.75) is 55.6 Å². The molecular weight excluding hydrogens is 565 g/mol. The number of anilines is 1. The lowest BCUT2D eigenvalue weighted by Crippen LogP contribution is -2.51. The van der Waals surface area contributed by atoms with Crippen LogP contribution in [0.3, 0.4) is 0 Å². The van der Waals surface area contributed by atoms with Crippen LogP contribution in [0.25, 0.3) is 32.9 Å². The number of halogens is 4. The lowest BCUT2D eigenvalue weighted by molar-refractivity contribution is 0.00804. The van der Waals surface area contributed by atoms with Crippen LogP contribution < -0.4 is 15.0 Å². The topological polar surface area (TPSA) is 66.4 Å². The maximum absolute atomic E-state index is 16.6. The number of piperazine rings is 1. The van der Waals surface area contributed by atoms with Crippen LogP contribution in [0.5, 0.6) is 6.01 Å². The predicted octanol–water partition coefficient (Wildman–Crippen LogP) is 5.83. The average Bonchev–Trinajstić information content (AvgIpc) is 3.59. The van der Waals surface area contributed by atoms with Crippen molar-refractivity contribution in [3.05, 3.63) is 53.4 Å². The molecule has 0 saturated carbocycles. The Bertz CT molecular complexity index is 1700. The molecule has 4 aromatic rings. The normalized spacial score (nSPS) is 26.8. The summed E-state index contributed by atoms with van der Waals surface area (Å²) in [5.74, 6) is -2.80. The zero-order chi connectivity index (χ0) is 28.6. The highest BCUT2D eigenvalue weighted by atomic mass is 35.5. The molecule has 1 N–H and O–H groups in total. The molecular formula is C31H30ClF3N6O. The Morgan fingerprint density at radius 2 is 1.86 bits per heavy atom. The molecule has 2 aromatic carbocycles. The molecule has 2 aromatic heterocycles. The molecule has 0 spiro atoms. The summed E-state index contributed by atoms with van der Waals surface area (Å²) in [4.78, 5) is 17.9. The van der Waals surface area contributed by atoms with Crippen molar-refractivity contribution in [1.29, 1.82) is 0 Å². The highest BCUT2D eigenvalue weighted by Crippen LogP contribution is 2.46. The molecule has 6 heterocycles. The van der Waals surface area contributed by atoms with E-state index in [1.54, 1.807) is 18.3 Å². The third-order valence-corrected chi connectivity index (χ3v) is 9.80. The predicted molar refractivity (Wildman–Crippen MR) is 156 cm³/mol. The zero-order valence-corrected chi connectivity index (χ0v) is 23.7. The van der Waals surface area contributed by atoms with E-state index in [4.69, 9.17) is 21.3 Å². The second kappa shape index (κ2) is 9.65. The largest absolute Gasteiger partial charge is 0.461 e. The van der Waals surface area contributed by atoms with E-state index in [2.05, 4.69) is 20.2 Å². The van der Waals surface area contributed by atoms with Gasteiger partial charge in [-0.25, -0.2) is 13.2 Å². The van der Waals surface area contributed by atoms with Crippen molar-refractivity contribution in [3.8, 4) is 17.3 Å². The molecule has 0 aliphatic carbocycles. The molecule has 7 nitrogen and oxygen atoms in total. The van der Waals surface area contributed by atoms with E-state index < -0.39 is 17.3 Å². The Morgan fingerprint density at radius 3 is 2.67 bits per heavy atom. The van der Waals surface area contributed by atoms with E-state index in [0.29, 0.717) is 65.3 Å². The van der Waals surface area contributed by atoms with Gasteiger partial charge in [0.25, 0.3) is 5.92 Å². The molecule has 42 heavy (non-hydrogen) atoms. The van der Waals surface area contributed by atoms with Gasteiger partial charge >= 0.3 is 6.01 Å². The van der Waals surface area contributed by atoms with E-state index in [-0.39, 0.29) is 36.8 Å². The molecule has 4 aliphatic rings. The first-order valence-electron chi connectivity index (χ1n) is 14.6. The number of alkyl halides is 2. The number of hydrogen-bond donors (Lipinski definition) is 1. The maximum Gasteiger partial charge on any atom is 0.319 e. The van der Waals surface area contributed by atoms with Crippen molar-refractivity contribution >= 4 is 39.1 Å². The molecule has 3 atom stereocenters. The monoisotopic (exact) mass is 594 g/mol. The number of nitrogens with one attached hydrogen (secondary N) is 1. The first-order chi connectivity index (χ1) is 20.3. The van der Waals surface area contributed by atoms with E-state index in [1.807, 2.05) is 29.2 Å². The van der Waals surface area contributed by atoms with Crippen molar-refractivity contribution in [1.82, 2.24) is 25.2 Å². The minimum Gasteiger partial charge on any atom is -0.461 e. The number of nitrogens with zero attached hydrogens (tertiary/aromatic N) is 5. The quantitative estimate of drug-likeness (QED) is 0.312. The minimum atomic E-state index is -2.76. The number of pyridine rings is 1. The van der Waals surface area contributed by atoms with Crippen LogP contribution in [0.15, 0.2) is 42.6 Å². The van der Waals surface area contributed by atoms with Gasteiger partial charge in [-0.2, -0.15) is 9.97 Å². The van der Waals surface area contributed by atoms with E-state index in [0.717, 1.165) is 24.6 Å². The number of benzene rings is 2. The number of aromatic nitrogens is 3. The van der Waals surface area contributed by atoms with Gasteiger partial charge in [0.15, 0.2) is 5.82 Å². The van der Waals surface area contributed by atoms with Crippen LogP contribution in [0.1, 0.15) is 32.1 Å². The van der Waals surface area contributed by atoms with Crippen LogP contribution in [0, 0.1) is 5.82 Å². The summed E-state index contributed by atoms with van der Waals surface area (Å²) >= 11 is 6.57. The van der Waals surface area contributed by atoms with Gasteiger partial charge in [0.2, 0.25) is 0 Å². The van der Waals surface area contributed by atoms with E-state index in [9.17, 15) is 8.78 Å². The van der Waals surface area contributed by atoms with Gasteiger partial charge in [-0.05, 0) is 43.7 Å². The van der Waals surface area contributed by atoms with Crippen LogP contribution in [-0.4, -0.2) is 76.2 Å². The maximum atomic E-state index is 16.6. The summed E-state index contributed by atoms with van der Waals surface area (Å²) in [6.45, 7) is 1.81. The molecule has 2 bridgehead atoms. The van der Waals surface area contributed by atoms with Crippen molar-refractivity contribution in [2.24, 2.45) is 0 Å². The number of rotatable bonds is 5. The van der Waals surface area contributed by atoms with E-state index in [1.165, 1.54) is 0 Å². The van der Waals surface area contributed by atoms with Crippen LogP contribution >= 0.6 is 11.6 Å². The molecule has 11 heteroatoms. The molecule has 218 valence electrons. The molecule has 4 aliphatic heterocycles. The molecule has 4 saturated heterocycles. The van der Waals surface area contributed by atoms with E-state index >= 15 is 4.39 Å². The fourth-order valence-corrected chi connectivity index (χ4v) is 7.93. The summed E-state index contributed by atoms with van der Waals surface area (Å²) in [6.07, 6.45) is 4.96. The first kappa shape index (κ1) is 26.4. The Hall–Kier alpha value is -3.21. The Labute approximate surface area is 246 Å². The van der Waals surface area contributed by atoms with Crippen molar-refractivity contribution < 1.29 is 17.9 Å². The highest BCUT2D eigenvalue weighted by Gasteiger charge is 2.57. The summed E-state index contributed by atoms with van der Waals surface area (Å²) < 4.78 is 51.6. The standard InChI is InChI=1S/C31H30ClF3N6O/c32-23-7-2-5-18-4-1-6-21(24(18)23)26-25(33)27-22(12-36-26)28(40-13-19-8-9-20(14-40)37-19)39-29(38-27)42-17-30-10-3-11-41(30)16-31(34,35)15-30/h1-2,4-7,12,19-20,37H,3,8-11,13-17H2/t19-,20+,30?. The first-order valence-corrected chi connectivity index (χ1v) is 15.0. The molecule has 0 amide bonds. The van der Waals surface area contributed by atoms with Crippen LogP contribution in [0.2, 0.25) is 5.02 Å². The Kier molecular flexibility index (Phi) is 6.07. The molecule has 8 rings (SSSR count). The second-order valence-corrected chi connectivity index (χ2v) is 12.7. The van der Waals surface area contributed by atoms with Crippen LogP contribution in [0.4, 0.5) is 19.0 Å². The highest BCUT2D eigenvalue weighted by molar-refractivity contribution is 6.36. The van der Waals surface area contributed by atoms with Gasteiger partial charge < -0.3 is 15.0 Å². The summed E-state index contributed by atoms with van der Waals surface area (Å²) in [6, 6.07) is 11.8. The van der Waals surface area contributed by atoms with Gasteiger partial charge in [-0.3, -0.25) is 9.88 Å². The van der Waals surface area contributed by atoms with Gasteiger partial charge in [0.1, 0.15) is 23.6 Å². The smallest absolute Gasteiger partial charge is 0.319 e. The van der Waals surface area contributed by atoms with Gasteiger partial charge in [0, 0.05) is 53.8 Å². The fraction of sp³-hybridized carbons (Fsp3) is 0.452. The lowest BCUT2D eigenvalue weighted by Gasteiger charge is -2.34. The molecule has 4 fully saturated rings. The minimum absolute atomic E-state index is 0.00757. The fourth-order valence-electron chi connectivity index (χ4n) is 7.65. The summed E-state index contributed by atoms with van der Waals surface area (Å²) in [5.41, 5.74) is 0.0206.